The second-order valence-corrected chi connectivity index (χ2v) is 11.1. The Morgan fingerprint density at radius 3 is 2.20 bits per heavy atom. The van der Waals surface area contributed by atoms with Gasteiger partial charge in [-0.25, -0.2) is 0 Å². The number of phenols is 1. The van der Waals surface area contributed by atoms with Gasteiger partial charge in [-0.15, -0.1) is 10.2 Å². The fourth-order valence-corrected chi connectivity index (χ4v) is 4.83. The summed E-state index contributed by atoms with van der Waals surface area (Å²) in [6.07, 6.45) is 0. The summed E-state index contributed by atoms with van der Waals surface area (Å²) in [5, 5.41) is 21.2. The number of nitrogens with zero attached hydrogens (tertiary/aromatic N) is 2. The van der Waals surface area contributed by atoms with E-state index in [1.807, 2.05) is 0 Å². The van der Waals surface area contributed by atoms with E-state index in [0.29, 0.717) is 5.02 Å². The predicted octanol–water partition coefficient (Wildman–Crippen LogP) is 4.18. The van der Waals surface area contributed by atoms with Gasteiger partial charge in [-0.3, -0.25) is 13.9 Å². The third-order valence-corrected chi connectivity index (χ3v) is 7.18. The van der Waals surface area contributed by atoms with E-state index in [1.54, 1.807) is 12.1 Å². The number of anilines is 2. The van der Waals surface area contributed by atoms with Crippen molar-refractivity contribution in [2.24, 2.45) is 10.2 Å². The van der Waals surface area contributed by atoms with Crippen LogP contribution >= 0.6 is 11.6 Å². The van der Waals surface area contributed by atoms with Gasteiger partial charge in [0.25, 0.3) is 26.1 Å². The van der Waals surface area contributed by atoms with Crippen LogP contribution in [0.3, 0.4) is 0 Å². The predicted molar refractivity (Wildman–Crippen MR) is 151 cm³/mol. The molecule has 0 fully saturated rings. The Labute approximate surface area is 318 Å². The van der Waals surface area contributed by atoms with Crippen LogP contribution in [0.25, 0.3) is 10.8 Å². The van der Waals surface area contributed by atoms with Crippen molar-refractivity contribution >= 4 is 174 Å². The number of azo groups is 1. The molecule has 40 heavy (non-hydrogen) atoms. The summed E-state index contributed by atoms with van der Waals surface area (Å²) in [4.78, 5) is 11.4. The number of hydrogen-bond acceptors (Lipinski definition) is 9. The normalized spacial score (nSPS) is 11.6. The van der Waals surface area contributed by atoms with Crippen LogP contribution in [-0.4, -0.2) is 140 Å². The monoisotopic (exact) mass is 654 g/mol. The number of nitrogen functional groups attached to an aromatic ring is 1. The van der Waals surface area contributed by atoms with Crippen molar-refractivity contribution in [3.63, 3.8) is 0 Å². The molecule has 0 saturated heterocycles. The smallest absolute Gasteiger partial charge is 0.296 e. The Morgan fingerprint density at radius 2 is 1.57 bits per heavy atom. The molecule has 6 N–H and O–H groups in total. The summed E-state index contributed by atoms with van der Waals surface area (Å²) in [5.74, 6) is -1.17. The van der Waals surface area contributed by atoms with Crippen LogP contribution in [-0.2, 0) is 20.2 Å². The van der Waals surface area contributed by atoms with E-state index >= 15 is 0 Å². The molecule has 0 spiro atoms. The van der Waals surface area contributed by atoms with E-state index in [1.165, 1.54) is 30.3 Å². The van der Waals surface area contributed by atoms with E-state index in [4.69, 9.17) is 17.3 Å². The molecular weight excluding hydrogens is 638 g/mol. The molecule has 0 atom stereocenters. The van der Waals surface area contributed by atoms with Gasteiger partial charge < -0.3 is 16.2 Å². The number of fused-ring (bicyclic) bond motifs is 1. The fraction of sp³-hybridized carbons (Fsp3) is 0. The van der Waals surface area contributed by atoms with Crippen molar-refractivity contribution in [2.75, 3.05) is 11.1 Å². The molecule has 4 aromatic rings. The van der Waals surface area contributed by atoms with E-state index < -0.39 is 41.7 Å². The number of phenolic OH excluding ortho intramolecular Hbond substituents is 1. The van der Waals surface area contributed by atoms with Gasteiger partial charge in [0.15, 0.2) is 0 Å². The number of nitrogens with one attached hydrogen (secondary N) is 1. The number of carbonyl (C=O) groups excluding carboxylic acids is 1. The molecule has 0 saturated carbocycles. The first-order valence-electron chi connectivity index (χ1n) is 10.4. The van der Waals surface area contributed by atoms with E-state index in [2.05, 4.69) is 15.5 Å². The summed E-state index contributed by atoms with van der Waals surface area (Å²) in [5.41, 5.74) is 5.73. The minimum atomic E-state index is -4.78. The van der Waals surface area contributed by atoms with Gasteiger partial charge in [-0.1, -0.05) is 23.7 Å². The second-order valence-electron chi connectivity index (χ2n) is 7.84. The Balaban J connectivity index is 0.00000280. The molecule has 17 heteroatoms. The molecule has 0 aliphatic heterocycles. The first-order chi connectivity index (χ1) is 17.7. The largest absolute Gasteiger partial charge is 0.507 e. The molecule has 0 aliphatic carbocycles. The summed E-state index contributed by atoms with van der Waals surface area (Å²) < 4.78 is 65.8. The van der Waals surface area contributed by atoms with Crippen LogP contribution in [0, 0.1) is 0 Å². The van der Waals surface area contributed by atoms with Crippen LogP contribution in [0.1, 0.15) is 10.4 Å². The molecule has 4 rings (SSSR count). The maximum atomic E-state index is 12.6. The molecule has 0 aliphatic rings. The zero-order valence-corrected chi connectivity index (χ0v) is 29.5. The van der Waals surface area contributed by atoms with Crippen molar-refractivity contribution in [1.29, 1.82) is 0 Å². The quantitative estimate of drug-likeness (QED) is 0.0872. The number of rotatable bonds is 6. The van der Waals surface area contributed by atoms with Crippen LogP contribution in [0.4, 0.5) is 22.7 Å². The maximum absolute atomic E-state index is 12.6. The zero-order chi connectivity index (χ0) is 27.8. The van der Waals surface area contributed by atoms with Crippen LogP contribution < -0.4 is 11.1 Å². The third kappa shape index (κ3) is 8.39. The first-order valence-corrected chi connectivity index (χ1v) is 13.6. The minimum Gasteiger partial charge on any atom is -0.507 e. The summed E-state index contributed by atoms with van der Waals surface area (Å²) in [6, 6.07) is 14.0. The van der Waals surface area contributed by atoms with Gasteiger partial charge in [0.05, 0.1) is 16.0 Å². The van der Waals surface area contributed by atoms with Crippen molar-refractivity contribution in [3.8, 4) is 5.75 Å². The van der Waals surface area contributed by atoms with Crippen LogP contribution in [0.2, 0.25) is 5.02 Å². The van der Waals surface area contributed by atoms with Crippen molar-refractivity contribution in [3.05, 3.63) is 77.3 Å². The molecular formula is C23H17ClK2N4O8S2. The number of amides is 1. The van der Waals surface area contributed by atoms with Gasteiger partial charge in [-0.05, 0) is 53.9 Å². The van der Waals surface area contributed by atoms with Crippen LogP contribution in [0.15, 0.2) is 86.7 Å². The van der Waals surface area contributed by atoms with E-state index in [-0.39, 0.29) is 142 Å². The molecule has 0 bridgehead atoms. The number of halogens is 1. The Morgan fingerprint density at radius 1 is 0.875 bits per heavy atom. The number of nitrogens with two attached hydrogens (primary N) is 1. The van der Waals surface area contributed by atoms with Crippen molar-refractivity contribution in [2.45, 2.75) is 9.79 Å². The standard InChI is InChI=1S/C23H17ClN4O8S2.2K/c24-14-3-1-2-13(8-14)23(30)26-15-5-7-20(38(34,35)36)18(10-15)27-28-22-17(25)6-4-12-9-16(37(31,32)33)11-19(29)21(12)22;;/h1-11,29H,25H2,(H,26,30)(H,31,32,33)(H,34,35,36);;. The average molecular weight is 655 g/mol. The Bertz CT molecular complexity index is 1870. The van der Waals surface area contributed by atoms with Gasteiger partial charge in [-0.2, -0.15) is 16.8 Å². The first kappa shape index (κ1) is 35.4. The molecule has 12 nitrogen and oxygen atoms in total. The van der Waals surface area contributed by atoms with Crippen molar-refractivity contribution < 1.29 is 35.8 Å². The topological polar surface area (TPSA) is 209 Å². The molecule has 198 valence electrons. The number of benzene rings is 4. The Kier molecular flexibility index (Phi) is 12.5. The second kappa shape index (κ2) is 14.1. The third-order valence-electron chi connectivity index (χ3n) is 5.21. The SMILES string of the molecule is Nc1ccc2cc(S(=O)(=O)O)cc(O)c2c1N=Nc1cc(NC(=O)c2cccc(Cl)c2)ccc1S(=O)(=O)O.[K].[K]. The van der Waals surface area contributed by atoms with E-state index in [0.717, 1.165) is 24.3 Å². The maximum Gasteiger partial charge on any atom is 0.296 e. The molecule has 0 heterocycles. The number of carbonyl (C=O) groups is 1. The van der Waals surface area contributed by atoms with Crippen molar-refractivity contribution in [1.82, 2.24) is 0 Å². The average Bonchev–Trinajstić information content (AvgIpc) is 2.82. The summed E-state index contributed by atoms with van der Waals surface area (Å²) >= 11 is 5.91. The minimum absolute atomic E-state index is 0. The van der Waals surface area contributed by atoms with E-state index in [9.17, 15) is 35.8 Å². The van der Waals surface area contributed by atoms with Gasteiger partial charge in [0, 0.05) is 125 Å². The zero-order valence-electron chi connectivity index (χ0n) is 20.9. The Hall–Kier alpha value is -0.807. The number of aromatic hydroxyl groups is 1. The number of hydrogen-bond donors (Lipinski definition) is 5. The molecule has 1 amide bonds. The summed E-state index contributed by atoms with van der Waals surface area (Å²) in [7, 11) is -9.42. The molecule has 0 unspecified atom stereocenters. The molecule has 2 radical (unpaired) electrons. The summed E-state index contributed by atoms with van der Waals surface area (Å²) in [6.45, 7) is 0. The molecule has 4 aromatic carbocycles. The van der Waals surface area contributed by atoms with Gasteiger partial charge in [0.1, 0.15) is 22.0 Å². The van der Waals surface area contributed by atoms with Gasteiger partial charge in [0.2, 0.25) is 0 Å². The molecule has 0 aromatic heterocycles. The van der Waals surface area contributed by atoms with Crippen LogP contribution in [0.5, 0.6) is 5.75 Å². The fourth-order valence-electron chi connectivity index (χ4n) is 3.50. The van der Waals surface area contributed by atoms with Gasteiger partial charge >= 0.3 is 0 Å².